The Kier molecular flexibility index (Phi) is 5.68. The molecule has 1 aliphatic rings. The topological polar surface area (TPSA) is 52.7 Å². The predicted octanol–water partition coefficient (Wildman–Crippen LogP) is 2.85. The largest absolute Gasteiger partial charge is 0.344 e. The van der Waals surface area contributed by atoms with Crippen molar-refractivity contribution in [2.75, 3.05) is 32.1 Å². The van der Waals surface area contributed by atoms with Gasteiger partial charge >= 0.3 is 0 Å². The molecule has 1 heterocycles. The smallest absolute Gasteiger partial charge is 0.251 e. The number of hydrogen-bond donors (Lipinski definition) is 1. The van der Waals surface area contributed by atoms with E-state index in [1.807, 2.05) is 56.6 Å². The lowest BCUT2D eigenvalue weighted by molar-refractivity contribution is -0.117. The molecule has 136 valence electrons. The van der Waals surface area contributed by atoms with E-state index in [2.05, 4.69) is 10.2 Å². The molecule has 2 aromatic rings. The van der Waals surface area contributed by atoms with Gasteiger partial charge in [0.15, 0.2) is 0 Å². The van der Waals surface area contributed by atoms with Crippen molar-refractivity contribution in [1.82, 2.24) is 10.2 Å². The van der Waals surface area contributed by atoms with Gasteiger partial charge in [-0.2, -0.15) is 0 Å². The average Bonchev–Trinajstić information content (AvgIpc) is 3.07. The van der Waals surface area contributed by atoms with E-state index in [9.17, 15) is 9.59 Å². The normalized spacial score (nSPS) is 15.3. The molecule has 0 spiro atoms. The molecule has 0 unspecified atom stereocenters. The number of carbonyl (C=O) groups excluding carboxylic acids is 2. The minimum atomic E-state index is -0.111. The fourth-order valence-electron chi connectivity index (χ4n) is 3.24. The van der Waals surface area contributed by atoms with Gasteiger partial charge in [0.2, 0.25) is 5.91 Å². The molecule has 1 fully saturated rings. The van der Waals surface area contributed by atoms with Gasteiger partial charge in [0.25, 0.3) is 5.91 Å². The zero-order valence-electron chi connectivity index (χ0n) is 15.3. The summed E-state index contributed by atoms with van der Waals surface area (Å²) in [6.45, 7) is 1.47. The number of anilines is 1. The molecular weight excluding hydrogens is 326 g/mol. The molecule has 0 radical (unpaired) electrons. The molecule has 2 amide bonds. The summed E-state index contributed by atoms with van der Waals surface area (Å²) in [5.74, 6) is 0.0392. The molecule has 5 heteroatoms. The molecule has 3 rings (SSSR count). The average molecular weight is 351 g/mol. The Balaban J connectivity index is 1.72. The van der Waals surface area contributed by atoms with E-state index in [1.165, 1.54) is 0 Å². The van der Waals surface area contributed by atoms with Crippen LogP contribution >= 0.6 is 0 Å². The molecule has 0 aromatic heterocycles. The summed E-state index contributed by atoms with van der Waals surface area (Å²) < 4.78 is 0. The maximum atomic E-state index is 12.7. The zero-order valence-corrected chi connectivity index (χ0v) is 15.3. The monoisotopic (exact) mass is 351 g/mol. The van der Waals surface area contributed by atoms with Crippen LogP contribution in [-0.2, 0) is 4.79 Å². The van der Waals surface area contributed by atoms with Crippen LogP contribution in [0.25, 0.3) is 0 Å². The Hall–Kier alpha value is -2.66. The van der Waals surface area contributed by atoms with Crippen molar-refractivity contribution in [3.05, 3.63) is 65.7 Å². The highest BCUT2D eigenvalue weighted by Crippen LogP contribution is 2.22. The second-order valence-corrected chi connectivity index (χ2v) is 6.89. The summed E-state index contributed by atoms with van der Waals surface area (Å²) in [6, 6.07) is 17.2. The molecular formula is C21H25N3O2. The fourth-order valence-corrected chi connectivity index (χ4v) is 3.24. The van der Waals surface area contributed by atoms with Crippen molar-refractivity contribution in [2.45, 2.75) is 18.9 Å². The number of nitrogens with zero attached hydrogens (tertiary/aromatic N) is 2. The first-order valence-corrected chi connectivity index (χ1v) is 8.95. The molecule has 2 aromatic carbocycles. The van der Waals surface area contributed by atoms with Crippen LogP contribution in [0.15, 0.2) is 54.6 Å². The molecule has 1 N–H and O–H groups in total. The first kappa shape index (κ1) is 18.1. The van der Waals surface area contributed by atoms with Gasteiger partial charge in [0, 0.05) is 30.8 Å². The maximum absolute atomic E-state index is 12.7. The second-order valence-electron chi connectivity index (χ2n) is 6.89. The minimum absolute atomic E-state index is 0.0847. The molecule has 0 saturated carbocycles. The van der Waals surface area contributed by atoms with E-state index in [-0.39, 0.29) is 17.9 Å². The third-order valence-electron chi connectivity index (χ3n) is 4.57. The van der Waals surface area contributed by atoms with Crippen LogP contribution in [0.5, 0.6) is 0 Å². The van der Waals surface area contributed by atoms with Gasteiger partial charge < -0.3 is 15.1 Å². The highest BCUT2D eigenvalue weighted by Gasteiger charge is 2.22. The van der Waals surface area contributed by atoms with E-state index in [0.29, 0.717) is 12.0 Å². The third kappa shape index (κ3) is 4.29. The Morgan fingerprint density at radius 3 is 2.38 bits per heavy atom. The number of carbonyl (C=O) groups is 2. The fraction of sp³-hybridized carbons (Fsp3) is 0.333. The SMILES string of the molecule is CN(C)C[C@@H](NC(=O)c1ccc(N2CCCC2=O)cc1)c1ccccc1. The lowest BCUT2D eigenvalue weighted by Crippen LogP contribution is -2.35. The summed E-state index contributed by atoms with van der Waals surface area (Å²) in [4.78, 5) is 28.4. The number of benzene rings is 2. The molecule has 1 atom stereocenters. The summed E-state index contributed by atoms with van der Waals surface area (Å²) in [5, 5.41) is 3.12. The quantitative estimate of drug-likeness (QED) is 0.871. The number of amides is 2. The molecule has 0 bridgehead atoms. The van der Waals surface area contributed by atoms with Crippen molar-refractivity contribution in [2.24, 2.45) is 0 Å². The minimum Gasteiger partial charge on any atom is -0.344 e. The van der Waals surface area contributed by atoms with E-state index in [1.54, 1.807) is 17.0 Å². The van der Waals surface area contributed by atoms with Crippen LogP contribution in [0.4, 0.5) is 5.69 Å². The third-order valence-corrected chi connectivity index (χ3v) is 4.57. The predicted molar refractivity (Wildman–Crippen MR) is 103 cm³/mol. The van der Waals surface area contributed by atoms with Gasteiger partial charge in [-0.3, -0.25) is 9.59 Å². The lowest BCUT2D eigenvalue weighted by atomic mass is 10.1. The van der Waals surface area contributed by atoms with Gasteiger partial charge in [-0.1, -0.05) is 30.3 Å². The van der Waals surface area contributed by atoms with E-state index in [0.717, 1.165) is 30.8 Å². The number of nitrogens with one attached hydrogen (secondary N) is 1. The molecule has 5 nitrogen and oxygen atoms in total. The number of rotatable bonds is 6. The highest BCUT2D eigenvalue weighted by molar-refractivity contribution is 5.97. The van der Waals surface area contributed by atoms with Crippen LogP contribution in [0.2, 0.25) is 0 Å². The molecule has 0 aliphatic carbocycles. The van der Waals surface area contributed by atoms with Crippen molar-refractivity contribution < 1.29 is 9.59 Å². The van der Waals surface area contributed by atoms with Gasteiger partial charge in [0.05, 0.1) is 6.04 Å². The Labute approximate surface area is 154 Å². The van der Waals surface area contributed by atoms with Crippen molar-refractivity contribution >= 4 is 17.5 Å². The first-order valence-electron chi connectivity index (χ1n) is 8.95. The summed E-state index contributed by atoms with van der Waals surface area (Å²) in [6.07, 6.45) is 1.50. The summed E-state index contributed by atoms with van der Waals surface area (Å²) >= 11 is 0. The van der Waals surface area contributed by atoms with Gasteiger partial charge in [0.1, 0.15) is 0 Å². The standard InChI is InChI=1S/C21H25N3O2/c1-23(2)15-19(16-7-4-3-5-8-16)22-21(26)17-10-12-18(13-11-17)24-14-6-9-20(24)25/h3-5,7-8,10-13,19H,6,9,14-15H2,1-2H3,(H,22,26)/t19-/m1/s1. The van der Waals surface area contributed by atoms with Crippen molar-refractivity contribution in [3.8, 4) is 0 Å². The van der Waals surface area contributed by atoms with E-state index >= 15 is 0 Å². The van der Waals surface area contributed by atoms with Crippen LogP contribution in [0.1, 0.15) is 34.8 Å². The Bertz CT molecular complexity index is 757. The van der Waals surface area contributed by atoms with Crippen LogP contribution in [-0.4, -0.2) is 43.9 Å². The molecule has 26 heavy (non-hydrogen) atoms. The molecule has 1 saturated heterocycles. The highest BCUT2D eigenvalue weighted by atomic mass is 16.2. The molecule has 1 aliphatic heterocycles. The van der Waals surface area contributed by atoms with Crippen molar-refractivity contribution in [1.29, 1.82) is 0 Å². The first-order chi connectivity index (χ1) is 12.5. The van der Waals surface area contributed by atoms with Gasteiger partial charge in [-0.05, 0) is 50.3 Å². The Morgan fingerprint density at radius 2 is 1.81 bits per heavy atom. The van der Waals surface area contributed by atoms with Gasteiger partial charge in [-0.25, -0.2) is 0 Å². The van der Waals surface area contributed by atoms with Crippen LogP contribution in [0.3, 0.4) is 0 Å². The van der Waals surface area contributed by atoms with Crippen molar-refractivity contribution in [3.63, 3.8) is 0 Å². The van der Waals surface area contributed by atoms with E-state index < -0.39 is 0 Å². The van der Waals surface area contributed by atoms with Crippen LogP contribution in [0, 0.1) is 0 Å². The Morgan fingerprint density at radius 1 is 1.12 bits per heavy atom. The number of likely N-dealkylation sites (N-methyl/N-ethyl adjacent to an activating group) is 1. The summed E-state index contributed by atoms with van der Waals surface area (Å²) in [7, 11) is 3.98. The van der Waals surface area contributed by atoms with E-state index in [4.69, 9.17) is 0 Å². The van der Waals surface area contributed by atoms with Gasteiger partial charge in [-0.15, -0.1) is 0 Å². The second kappa shape index (κ2) is 8.15. The zero-order chi connectivity index (χ0) is 18.5. The number of hydrogen-bond acceptors (Lipinski definition) is 3. The summed E-state index contributed by atoms with van der Waals surface area (Å²) in [5.41, 5.74) is 2.53. The maximum Gasteiger partial charge on any atom is 0.251 e. The lowest BCUT2D eigenvalue weighted by Gasteiger charge is -2.23. The van der Waals surface area contributed by atoms with Crippen LogP contribution < -0.4 is 10.2 Å².